The zero-order valence-corrected chi connectivity index (χ0v) is 23.2. The molecule has 1 aliphatic rings. The average Bonchev–Trinajstić information content (AvgIpc) is 3.56. The van der Waals surface area contributed by atoms with Gasteiger partial charge in [-0.25, -0.2) is 19.7 Å². The van der Waals surface area contributed by atoms with E-state index in [4.69, 9.17) is 24.1 Å². The van der Waals surface area contributed by atoms with Gasteiger partial charge in [0.25, 0.3) is 0 Å². The van der Waals surface area contributed by atoms with Gasteiger partial charge in [0.2, 0.25) is 5.91 Å². The SMILES string of the molecule is CC(=O)N(C)c1ccc(NC(=O)Nc2ccc(-c3nc(N4CCOCC4)c4ncc(-c5ccco5)cc4n3)cc2)cc1. The molecule has 0 bridgehead atoms. The highest BCUT2D eigenvalue weighted by Gasteiger charge is 2.20. The van der Waals surface area contributed by atoms with Crippen LogP contribution in [0.5, 0.6) is 0 Å². The summed E-state index contributed by atoms with van der Waals surface area (Å²) in [4.78, 5) is 42.3. The number of nitrogens with zero attached hydrogens (tertiary/aromatic N) is 5. The molecule has 6 rings (SSSR count). The molecule has 212 valence electrons. The number of rotatable bonds is 6. The van der Waals surface area contributed by atoms with Crippen LogP contribution in [0, 0.1) is 0 Å². The van der Waals surface area contributed by atoms with Crippen molar-refractivity contribution in [3.63, 3.8) is 0 Å². The minimum atomic E-state index is -0.386. The van der Waals surface area contributed by atoms with Crippen LogP contribution >= 0.6 is 0 Å². The highest BCUT2D eigenvalue weighted by Crippen LogP contribution is 2.30. The summed E-state index contributed by atoms with van der Waals surface area (Å²) in [6.07, 6.45) is 3.41. The molecule has 3 aromatic heterocycles. The summed E-state index contributed by atoms with van der Waals surface area (Å²) in [6, 6.07) is 19.7. The number of hydrogen-bond acceptors (Lipinski definition) is 8. The molecule has 0 spiro atoms. The monoisotopic (exact) mass is 563 g/mol. The highest BCUT2D eigenvalue weighted by atomic mass is 16.5. The van der Waals surface area contributed by atoms with Crippen LogP contribution in [0.1, 0.15) is 6.92 Å². The maximum Gasteiger partial charge on any atom is 0.323 e. The summed E-state index contributed by atoms with van der Waals surface area (Å²) in [7, 11) is 1.70. The second kappa shape index (κ2) is 11.7. The van der Waals surface area contributed by atoms with Gasteiger partial charge in [0.05, 0.1) is 25.0 Å². The van der Waals surface area contributed by atoms with Crippen molar-refractivity contribution in [2.75, 3.05) is 53.8 Å². The van der Waals surface area contributed by atoms with Crippen molar-refractivity contribution in [3.05, 3.63) is 79.2 Å². The van der Waals surface area contributed by atoms with Crippen LogP contribution in [-0.4, -0.2) is 60.2 Å². The van der Waals surface area contributed by atoms with Crippen LogP contribution < -0.4 is 20.4 Å². The standard InChI is InChI=1S/C31H29N7O4/c1-20(39)37(2)25-11-9-24(10-12-25)34-31(40)33-23-7-5-21(6-8-23)29-35-26-18-22(27-4-3-15-42-27)19-32-28(26)30(36-29)38-13-16-41-17-14-38/h3-12,15,18-19H,13-14,16-17H2,1-2H3,(H2,33,34,40). The van der Waals surface area contributed by atoms with E-state index in [2.05, 4.69) is 15.5 Å². The molecule has 11 heteroatoms. The number of anilines is 4. The number of carbonyl (C=O) groups excluding carboxylic acids is 2. The Bertz CT molecular complexity index is 1720. The second-order valence-electron chi connectivity index (χ2n) is 9.82. The summed E-state index contributed by atoms with van der Waals surface area (Å²) < 4.78 is 11.1. The largest absolute Gasteiger partial charge is 0.464 e. The molecule has 4 heterocycles. The zero-order valence-electron chi connectivity index (χ0n) is 23.2. The average molecular weight is 564 g/mol. The number of carbonyl (C=O) groups is 2. The number of urea groups is 1. The van der Waals surface area contributed by atoms with Crippen molar-refractivity contribution in [2.45, 2.75) is 6.92 Å². The van der Waals surface area contributed by atoms with Crippen molar-refractivity contribution < 1.29 is 18.7 Å². The third-order valence-corrected chi connectivity index (χ3v) is 7.02. The minimum Gasteiger partial charge on any atom is -0.464 e. The van der Waals surface area contributed by atoms with E-state index in [9.17, 15) is 9.59 Å². The summed E-state index contributed by atoms with van der Waals surface area (Å²) in [5, 5.41) is 5.65. The van der Waals surface area contributed by atoms with E-state index in [0.29, 0.717) is 60.3 Å². The number of nitrogens with one attached hydrogen (secondary N) is 2. The Kier molecular flexibility index (Phi) is 7.48. The van der Waals surface area contributed by atoms with Gasteiger partial charge < -0.3 is 29.6 Å². The first kappa shape index (κ1) is 26.9. The number of pyridine rings is 1. The van der Waals surface area contributed by atoms with E-state index in [-0.39, 0.29) is 11.9 Å². The van der Waals surface area contributed by atoms with Gasteiger partial charge in [0.15, 0.2) is 11.6 Å². The summed E-state index contributed by atoms with van der Waals surface area (Å²) >= 11 is 0. The van der Waals surface area contributed by atoms with E-state index >= 15 is 0 Å². The molecular formula is C31H29N7O4. The Hall–Kier alpha value is -5.29. The van der Waals surface area contributed by atoms with Crippen LogP contribution in [0.4, 0.5) is 27.7 Å². The molecule has 2 N–H and O–H groups in total. The Morgan fingerprint density at radius 2 is 1.60 bits per heavy atom. The molecule has 2 aromatic carbocycles. The highest BCUT2D eigenvalue weighted by molar-refractivity contribution is 6.00. The Morgan fingerprint density at radius 1 is 0.905 bits per heavy atom. The number of aromatic nitrogens is 3. The van der Waals surface area contributed by atoms with Crippen molar-refractivity contribution in [1.29, 1.82) is 0 Å². The number of fused-ring (bicyclic) bond motifs is 1. The molecule has 0 saturated carbocycles. The fourth-order valence-corrected chi connectivity index (χ4v) is 4.65. The molecule has 42 heavy (non-hydrogen) atoms. The van der Waals surface area contributed by atoms with E-state index < -0.39 is 0 Å². The maximum absolute atomic E-state index is 12.6. The van der Waals surface area contributed by atoms with Gasteiger partial charge in [-0.2, -0.15) is 0 Å². The van der Waals surface area contributed by atoms with Gasteiger partial charge in [-0.15, -0.1) is 0 Å². The summed E-state index contributed by atoms with van der Waals surface area (Å²) in [5.74, 6) is 1.95. The minimum absolute atomic E-state index is 0.0707. The third-order valence-electron chi connectivity index (χ3n) is 7.02. The lowest BCUT2D eigenvalue weighted by atomic mass is 10.1. The number of hydrogen-bond donors (Lipinski definition) is 2. The molecule has 1 aliphatic heterocycles. The van der Waals surface area contributed by atoms with Crippen LogP contribution in [0.25, 0.3) is 33.7 Å². The quantitative estimate of drug-likeness (QED) is 0.281. The lowest BCUT2D eigenvalue weighted by Crippen LogP contribution is -2.37. The molecular weight excluding hydrogens is 534 g/mol. The Labute approximate surface area is 242 Å². The predicted molar refractivity (Wildman–Crippen MR) is 162 cm³/mol. The lowest BCUT2D eigenvalue weighted by Gasteiger charge is -2.28. The number of morpholine rings is 1. The Balaban J connectivity index is 1.22. The number of furan rings is 1. The van der Waals surface area contributed by atoms with Crippen molar-refractivity contribution in [3.8, 4) is 22.7 Å². The normalized spacial score (nSPS) is 13.1. The summed E-state index contributed by atoms with van der Waals surface area (Å²) in [6.45, 7) is 4.15. The number of benzene rings is 2. The topological polar surface area (TPSA) is 126 Å². The number of ether oxygens (including phenoxy) is 1. The molecule has 0 radical (unpaired) electrons. The van der Waals surface area contributed by atoms with E-state index in [1.807, 2.05) is 30.3 Å². The Morgan fingerprint density at radius 3 is 2.24 bits per heavy atom. The molecule has 0 unspecified atom stereocenters. The van der Waals surface area contributed by atoms with Crippen LogP contribution in [0.15, 0.2) is 83.6 Å². The maximum atomic E-state index is 12.6. The first-order valence-electron chi connectivity index (χ1n) is 13.5. The first-order chi connectivity index (χ1) is 20.4. The predicted octanol–water partition coefficient (Wildman–Crippen LogP) is 5.42. The van der Waals surface area contributed by atoms with Gasteiger partial charge in [0, 0.05) is 61.4 Å². The van der Waals surface area contributed by atoms with Crippen molar-refractivity contribution in [2.24, 2.45) is 0 Å². The van der Waals surface area contributed by atoms with Crippen molar-refractivity contribution >= 4 is 45.9 Å². The zero-order chi connectivity index (χ0) is 29.1. The van der Waals surface area contributed by atoms with Gasteiger partial charge in [0.1, 0.15) is 11.3 Å². The molecule has 11 nitrogen and oxygen atoms in total. The van der Waals surface area contributed by atoms with Crippen LogP contribution in [-0.2, 0) is 9.53 Å². The first-order valence-corrected chi connectivity index (χ1v) is 13.5. The van der Waals surface area contributed by atoms with Gasteiger partial charge in [-0.3, -0.25) is 4.79 Å². The van der Waals surface area contributed by atoms with E-state index in [1.165, 1.54) is 11.8 Å². The number of amides is 3. The van der Waals surface area contributed by atoms with Gasteiger partial charge in [-0.05, 0) is 66.7 Å². The molecule has 5 aromatic rings. The molecule has 0 aliphatic carbocycles. The third kappa shape index (κ3) is 5.77. The van der Waals surface area contributed by atoms with Crippen LogP contribution in [0.3, 0.4) is 0 Å². The molecule has 1 fully saturated rings. The molecule has 1 saturated heterocycles. The second-order valence-corrected chi connectivity index (χ2v) is 9.82. The fraction of sp³-hybridized carbons (Fsp3) is 0.194. The van der Waals surface area contributed by atoms with Gasteiger partial charge >= 0.3 is 6.03 Å². The molecule has 3 amide bonds. The smallest absolute Gasteiger partial charge is 0.323 e. The lowest BCUT2D eigenvalue weighted by molar-refractivity contribution is -0.116. The molecule has 0 atom stereocenters. The van der Waals surface area contributed by atoms with E-state index in [1.54, 1.807) is 55.9 Å². The van der Waals surface area contributed by atoms with Crippen molar-refractivity contribution in [1.82, 2.24) is 15.0 Å². The van der Waals surface area contributed by atoms with E-state index in [0.717, 1.165) is 22.6 Å². The van der Waals surface area contributed by atoms with Crippen LogP contribution in [0.2, 0.25) is 0 Å². The van der Waals surface area contributed by atoms with Gasteiger partial charge in [-0.1, -0.05) is 0 Å². The summed E-state index contributed by atoms with van der Waals surface area (Å²) in [5.41, 5.74) is 5.00. The fourth-order valence-electron chi connectivity index (χ4n) is 4.65.